The van der Waals surface area contributed by atoms with Crippen molar-refractivity contribution < 1.29 is 15.0 Å². The van der Waals surface area contributed by atoms with Crippen LogP contribution in [-0.4, -0.2) is 21.2 Å². The minimum absolute atomic E-state index is 0.0352. The van der Waals surface area contributed by atoms with Gasteiger partial charge in [0.15, 0.2) is 0 Å². The van der Waals surface area contributed by atoms with E-state index in [1.165, 1.54) is 24.4 Å². The lowest BCUT2D eigenvalue weighted by Gasteiger charge is -2.01. The average molecular weight is 249 g/mol. The molecule has 1 heterocycles. The second kappa shape index (κ2) is 8.06. The fourth-order valence-electron chi connectivity index (χ4n) is 1.32. The van der Waals surface area contributed by atoms with E-state index in [1.54, 1.807) is 6.07 Å². The fraction of sp³-hybridized carbons (Fsp3) is 0.286. The summed E-state index contributed by atoms with van der Waals surface area (Å²) < 4.78 is 0. The van der Waals surface area contributed by atoms with E-state index in [2.05, 4.69) is 4.98 Å². The van der Waals surface area contributed by atoms with Crippen LogP contribution >= 0.6 is 0 Å². The number of hydrogen-bond donors (Lipinski definition) is 2. The maximum Gasteiger partial charge on any atom is 0.336 e. The molecule has 0 aliphatic heterocycles. The van der Waals surface area contributed by atoms with Crippen LogP contribution in [0.3, 0.4) is 0 Å². The second-order valence-corrected chi connectivity index (χ2v) is 2.87. The summed E-state index contributed by atoms with van der Waals surface area (Å²) in [5.74, 6) is -0.990. The van der Waals surface area contributed by atoms with E-state index in [4.69, 9.17) is 5.11 Å². The van der Waals surface area contributed by atoms with Crippen molar-refractivity contribution in [3.63, 3.8) is 0 Å². The first-order valence-corrected chi connectivity index (χ1v) is 5.99. The fourth-order valence-corrected chi connectivity index (χ4v) is 1.32. The SMILES string of the molecule is CC.CC.O=C(O)c1ccnc2ccc(O)cc12. The van der Waals surface area contributed by atoms with Crippen molar-refractivity contribution in [3.05, 3.63) is 36.0 Å². The number of fused-ring (bicyclic) bond motifs is 1. The van der Waals surface area contributed by atoms with Crippen LogP contribution in [0, 0.1) is 0 Å². The number of carbonyl (C=O) groups is 1. The van der Waals surface area contributed by atoms with E-state index in [0.717, 1.165) is 0 Å². The number of rotatable bonds is 1. The molecule has 0 saturated heterocycles. The molecule has 0 aliphatic carbocycles. The first kappa shape index (κ1) is 15.9. The zero-order valence-electron chi connectivity index (χ0n) is 11.1. The highest BCUT2D eigenvalue weighted by Gasteiger charge is 2.08. The van der Waals surface area contributed by atoms with Gasteiger partial charge in [0.05, 0.1) is 11.1 Å². The third-order valence-electron chi connectivity index (χ3n) is 1.96. The minimum Gasteiger partial charge on any atom is -0.508 e. The van der Waals surface area contributed by atoms with Crippen LogP contribution in [-0.2, 0) is 0 Å². The van der Waals surface area contributed by atoms with Crippen LogP contribution in [0.2, 0.25) is 0 Å². The Morgan fingerprint density at radius 1 is 1.11 bits per heavy atom. The molecule has 0 aliphatic rings. The quantitative estimate of drug-likeness (QED) is 0.808. The van der Waals surface area contributed by atoms with Gasteiger partial charge in [0.25, 0.3) is 0 Å². The molecular formula is C14H19NO3. The highest BCUT2D eigenvalue weighted by Crippen LogP contribution is 2.21. The van der Waals surface area contributed by atoms with Crippen LogP contribution in [0.1, 0.15) is 38.1 Å². The van der Waals surface area contributed by atoms with E-state index in [1.807, 2.05) is 27.7 Å². The topological polar surface area (TPSA) is 70.4 Å². The summed E-state index contributed by atoms with van der Waals surface area (Å²) in [6, 6.07) is 5.86. The molecule has 0 fully saturated rings. The molecular weight excluding hydrogens is 230 g/mol. The average Bonchev–Trinajstić information content (AvgIpc) is 2.42. The Morgan fingerprint density at radius 2 is 1.72 bits per heavy atom. The number of benzene rings is 1. The van der Waals surface area contributed by atoms with E-state index in [9.17, 15) is 9.90 Å². The molecule has 4 heteroatoms. The third-order valence-corrected chi connectivity index (χ3v) is 1.96. The van der Waals surface area contributed by atoms with Crippen molar-refractivity contribution in [2.45, 2.75) is 27.7 Å². The Balaban J connectivity index is 0.000000659. The summed E-state index contributed by atoms with van der Waals surface area (Å²) in [7, 11) is 0. The first-order valence-electron chi connectivity index (χ1n) is 5.99. The van der Waals surface area contributed by atoms with Crippen molar-refractivity contribution in [1.29, 1.82) is 0 Å². The number of aromatic carboxylic acids is 1. The highest BCUT2D eigenvalue weighted by molar-refractivity contribution is 6.02. The lowest BCUT2D eigenvalue weighted by molar-refractivity contribution is 0.0699. The number of phenols is 1. The number of carboxylic acids is 1. The molecule has 98 valence electrons. The number of aromatic hydroxyl groups is 1. The van der Waals surface area contributed by atoms with Crippen molar-refractivity contribution in [3.8, 4) is 5.75 Å². The van der Waals surface area contributed by atoms with Gasteiger partial charge in [-0.25, -0.2) is 4.79 Å². The first-order chi connectivity index (χ1) is 8.68. The summed E-state index contributed by atoms with van der Waals surface area (Å²) >= 11 is 0. The lowest BCUT2D eigenvalue weighted by atomic mass is 10.1. The smallest absolute Gasteiger partial charge is 0.336 e. The molecule has 0 spiro atoms. The van der Waals surface area contributed by atoms with Crippen molar-refractivity contribution in [2.24, 2.45) is 0 Å². The van der Waals surface area contributed by atoms with Gasteiger partial charge in [-0.05, 0) is 24.3 Å². The van der Waals surface area contributed by atoms with E-state index < -0.39 is 5.97 Å². The molecule has 0 radical (unpaired) electrons. The number of phenolic OH excluding ortho intramolecular Hbond substituents is 1. The molecule has 2 N–H and O–H groups in total. The van der Waals surface area contributed by atoms with Crippen LogP contribution in [0.15, 0.2) is 30.5 Å². The number of nitrogens with zero attached hydrogens (tertiary/aromatic N) is 1. The van der Waals surface area contributed by atoms with Gasteiger partial charge in [-0.2, -0.15) is 0 Å². The largest absolute Gasteiger partial charge is 0.508 e. The highest BCUT2D eigenvalue weighted by atomic mass is 16.4. The standard InChI is InChI=1S/C10H7NO3.2C2H6/c12-6-1-2-9-8(5-6)7(10(13)14)3-4-11-9;2*1-2/h1-5,12H,(H,13,14);2*1-2H3. The van der Waals surface area contributed by atoms with Crippen LogP contribution in [0.5, 0.6) is 5.75 Å². The number of aromatic nitrogens is 1. The molecule has 0 unspecified atom stereocenters. The van der Waals surface area contributed by atoms with Crippen LogP contribution in [0.25, 0.3) is 10.9 Å². The van der Waals surface area contributed by atoms with Crippen molar-refractivity contribution >= 4 is 16.9 Å². The molecule has 2 rings (SSSR count). The minimum atomic E-state index is -1.02. The maximum atomic E-state index is 10.8. The molecule has 1 aromatic carbocycles. The Bertz CT molecular complexity index is 509. The summed E-state index contributed by atoms with van der Waals surface area (Å²) in [6.45, 7) is 8.00. The van der Waals surface area contributed by atoms with Gasteiger partial charge in [0.2, 0.25) is 0 Å². The second-order valence-electron chi connectivity index (χ2n) is 2.87. The van der Waals surface area contributed by atoms with Gasteiger partial charge in [-0.15, -0.1) is 0 Å². The van der Waals surface area contributed by atoms with Crippen LogP contribution < -0.4 is 0 Å². The monoisotopic (exact) mass is 249 g/mol. The normalized spacial score (nSPS) is 8.67. The Morgan fingerprint density at radius 3 is 2.28 bits per heavy atom. The zero-order chi connectivity index (χ0) is 14.1. The molecule has 0 amide bonds. The number of carboxylic acid groups (broad SMARTS) is 1. The summed E-state index contributed by atoms with van der Waals surface area (Å²) in [5, 5.41) is 18.5. The molecule has 18 heavy (non-hydrogen) atoms. The van der Waals surface area contributed by atoms with Gasteiger partial charge in [-0.1, -0.05) is 27.7 Å². The van der Waals surface area contributed by atoms with Crippen LogP contribution in [0.4, 0.5) is 0 Å². The van der Waals surface area contributed by atoms with Crippen molar-refractivity contribution in [1.82, 2.24) is 4.98 Å². The summed E-state index contributed by atoms with van der Waals surface area (Å²) in [5.41, 5.74) is 0.702. The molecule has 0 saturated carbocycles. The zero-order valence-corrected chi connectivity index (χ0v) is 11.1. The lowest BCUT2D eigenvalue weighted by Crippen LogP contribution is -1.97. The Hall–Kier alpha value is -2.10. The van der Waals surface area contributed by atoms with Gasteiger partial charge in [0, 0.05) is 11.6 Å². The predicted octanol–water partition coefficient (Wildman–Crippen LogP) is 3.69. The van der Waals surface area contributed by atoms with E-state index in [0.29, 0.717) is 10.9 Å². The van der Waals surface area contributed by atoms with E-state index >= 15 is 0 Å². The molecule has 2 aromatic rings. The van der Waals surface area contributed by atoms with Gasteiger partial charge in [-0.3, -0.25) is 4.98 Å². The predicted molar refractivity (Wildman–Crippen MR) is 73.1 cm³/mol. The summed E-state index contributed by atoms with van der Waals surface area (Å²) in [6.07, 6.45) is 1.43. The number of hydrogen-bond acceptors (Lipinski definition) is 3. The Labute approximate surface area is 107 Å². The van der Waals surface area contributed by atoms with Gasteiger partial charge >= 0.3 is 5.97 Å². The molecule has 0 bridgehead atoms. The molecule has 4 nitrogen and oxygen atoms in total. The summed E-state index contributed by atoms with van der Waals surface area (Å²) in [4.78, 5) is 14.8. The van der Waals surface area contributed by atoms with Crippen molar-refractivity contribution in [2.75, 3.05) is 0 Å². The molecule has 1 aromatic heterocycles. The van der Waals surface area contributed by atoms with Gasteiger partial charge in [0.1, 0.15) is 5.75 Å². The Kier molecular flexibility index (Phi) is 7.12. The van der Waals surface area contributed by atoms with E-state index in [-0.39, 0.29) is 11.3 Å². The number of pyridine rings is 1. The van der Waals surface area contributed by atoms with Gasteiger partial charge < -0.3 is 10.2 Å². The third kappa shape index (κ3) is 3.73. The maximum absolute atomic E-state index is 10.8. The molecule has 0 atom stereocenters.